The van der Waals surface area contributed by atoms with Crippen molar-refractivity contribution in [3.63, 3.8) is 0 Å². The Morgan fingerprint density at radius 3 is 2.03 bits per heavy atom. The molecule has 2 amide bonds. The summed E-state index contributed by atoms with van der Waals surface area (Å²) in [5.41, 5.74) is 6.35. The van der Waals surface area contributed by atoms with E-state index in [1.807, 2.05) is 5.32 Å². The van der Waals surface area contributed by atoms with Crippen molar-refractivity contribution >= 4 is 17.8 Å². The van der Waals surface area contributed by atoms with Crippen molar-refractivity contribution in [3.8, 4) is 0 Å². The van der Waals surface area contributed by atoms with E-state index >= 15 is 0 Å². The second-order valence-corrected chi connectivity index (χ2v) is 8.37. The second-order valence-electron chi connectivity index (χ2n) is 8.37. The van der Waals surface area contributed by atoms with E-state index in [-0.39, 0.29) is 12.3 Å². The minimum atomic E-state index is -4.25. The average Bonchev–Trinajstić information content (AvgIpc) is 2.74. The van der Waals surface area contributed by atoms with Gasteiger partial charge in [-0.15, -0.1) is 0 Å². The molecule has 180 valence electrons. The molecular weight excluding hydrogens is 424 g/mol. The number of halogens is 2. The molecule has 0 saturated carbocycles. The molecule has 32 heavy (non-hydrogen) atoms. The fraction of sp³-hybridized carbons (Fsp3) is 0.591. The van der Waals surface area contributed by atoms with Crippen LogP contribution in [-0.4, -0.2) is 60.2 Å². The number of methoxy groups -OCH3 is 1. The van der Waals surface area contributed by atoms with Crippen LogP contribution in [0, 0.1) is 11.8 Å². The molecule has 0 saturated heterocycles. The number of nitrogens with two attached hydrogens (primary N) is 1. The molecule has 0 aliphatic heterocycles. The zero-order valence-corrected chi connectivity index (χ0v) is 19.0. The van der Waals surface area contributed by atoms with Gasteiger partial charge in [0, 0.05) is 6.04 Å². The molecule has 0 aliphatic rings. The number of ether oxygens (including phenoxy) is 1. The van der Waals surface area contributed by atoms with E-state index in [1.54, 1.807) is 58.0 Å². The van der Waals surface area contributed by atoms with E-state index in [4.69, 9.17) is 5.73 Å². The van der Waals surface area contributed by atoms with Crippen molar-refractivity contribution in [3.05, 3.63) is 35.9 Å². The van der Waals surface area contributed by atoms with E-state index in [1.165, 1.54) is 0 Å². The number of carbonyl (C=O) groups excluding carboxylic acids is 3. The average molecular weight is 458 g/mol. The summed E-state index contributed by atoms with van der Waals surface area (Å²) in [6, 6.07) is 4.65. The monoisotopic (exact) mass is 457 g/mol. The summed E-state index contributed by atoms with van der Waals surface area (Å²) in [5, 5.41) is 14.5. The lowest BCUT2D eigenvalue weighted by Gasteiger charge is -2.30. The number of aliphatic hydroxyl groups is 1. The van der Waals surface area contributed by atoms with Crippen LogP contribution in [0.1, 0.15) is 33.3 Å². The molecule has 0 radical (unpaired) electrons. The van der Waals surface area contributed by atoms with Gasteiger partial charge in [0.1, 0.15) is 18.2 Å². The zero-order valence-electron chi connectivity index (χ0n) is 19.0. The Hall–Kier alpha value is -2.59. The highest BCUT2D eigenvalue weighted by Crippen LogP contribution is 2.23. The molecule has 0 heterocycles. The number of rotatable bonds is 11. The van der Waals surface area contributed by atoms with Crippen molar-refractivity contribution in [2.24, 2.45) is 17.6 Å². The van der Waals surface area contributed by atoms with Gasteiger partial charge in [-0.1, -0.05) is 58.0 Å². The SMILES string of the molecule is COC(=O)[C@@H](NC(=O)[C@@H](NC(=O)C(F)(F)[C@H](O)[C@@H](N)Cc1ccccc1)C(C)C)C(C)C. The zero-order chi connectivity index (χ0) is 24.6. The normalized spacial score (nSPS) is 15.6. The number of amides is 2. The molecule has 10 heteroatoms. The highest BCUT2D eigenvalue weighted by Gasteiger charge is 2.50. The van der Waals surface area contributed by atoms with Crippen LogP contribution in [0.3, 0.4) is 0 Å². The van der Waals surface area contributed by atoms with E-state index in [9.17, 15) is 28.3 Å². The van der Waals surface area contributed by atoms with E-state index in [0.717, 1.165) is 7.11 Å². The van der Waals surface area contributed by atoms with Crippen molar-refractivity contribution in [2.45, 2.75) is 64.3 Å². The first-order valence-corrected chi connectivity index (χ1v) is 10.4. The molecule has 1 aromatic rings. The fourth-order valence-electron chi connectivity index (χ4n) is 3.04. The van der Waals surface area contributed by atoms with Crippen LogP contribution in [0.15, 0.2) is 30.3 Å². The molecule has 8 nitrogen and oxygen atoms in total. The predicted molar refractivity (Wildman–Crippen MR) is 115 cm³/mol. The standard InChI is InChI=1S/C22H33F2N3O5/c1-12(2)16(19(29)26-17(13(3)4)20(30)32-5)27-21(31)22(23,24)18(28)15(25)11-14-9-7-6-8-10-14/h6-10,12-13,15-18,28H,11,25H2,1-5H3,(H,26,29)(H,27,31)/t15-,16-,17-,18+/m0/s1. The first kappa shape index (κ1) is 27.4. The number of carbonyl (C=O) groups is 3. The fourth-order valence-corrected chi connectivity index (χ4v) is 3.04. The van der Waals surface area contributed by atoms with E-state index in [2.05, 4.69) is 10.1 Å². The predicted octanol–water partition coefficient (Wildman–Crippen LogP) is 1.01. The highest BCUT2D eigenvalue weighted by molar-refractivity contribution is 5.93. The molecule has 1 aromatic carbocycles. The van der Waals surface area contributed by atoms with Crippen molar-refractivity contribution in [1.82, 2.24) is 10.6 Å². The Morgan fingerprint density at radius 1 is 1.03 bits per heavy atom. The van der Waals surface area contributed by atoms with Gasteiger partial charge in [-0.3, -0.25) is 9.59 Å². The van der Waals surface area contributed by atoms with Gasteiger partial charge in [0.2, 0.25) is 5.91 Å². The van der Waals surface area contributed by atoms with Crippen LogP contribution < -0.4 is 16.4 Å². The molecule has 1 rings (SSSR count). The van der Waals surface area contributed by atoms with E-state index < -0.39 is 53.9 Å². The maximum absolute atomic E-state index is 14.7. The lowest BCUT2D eigenvalue weighted by molar-refractivity contribution is -0.167. The Kier molecular flexibility index (Phi) is 10.2. The van der Waals surface area contributed by atoms with Crippen LogP contribution in [0.25, 0.3) is 0 Å². The Labute approximate surface area is 186 Å². The molecule has 0 aliphatic carbocycles. The summed E-state index contributed by atoms with van der Waals surface area (Å²) in [6.45, 7) is 6.43. The Morgan fingerprint density at radius 2 is 1.56 bits per heavy atom. The van der Waals surface area contributed by atoms with Crippen LogP contribution >= 0.6 is 0 Å². The summed E-state index contributed by atoms with van der Waals surface area (Å²) in [4.78, 5) is 36.9. The molecule has 0 fully saturated rings. The molecule has 0 aromatic heterocycles. The topological polar surface area (TPSA) is 131 Å². The molecular formula is C22H33F2N3O5. The summed E-state index contributed by atoms with van der Waals surface area (Å²) < 4.78 is 34.0. The third kappa shape index (κ3) is 7.23. The quantitative estimate of drug-likeness (QED) is 0.367. The van der Waals surface area contributed by atoms with Gasteiger partial charge in [0.15, 0.2) is 0 Å². The summed E-state index contributed by atoms with van der Waals surface area (Å²) in [7, 11) is 1.16. The van der Waals surface area contributed by atoms with Crippen molar-refractivity contribution in [2.75, 3.05) is 7.11 Å². The van der Waals surface area contributed by atoms with Crippen molar-refractivity contribution in [1.29, 1.82) is 0 Å². The number of hydrogen-bond donors (Lipinski definition) is 4. The molecule has 0 unspecified atom stereocenters. The van der Waals surface area contributed by atoms with Gasteiger partial charge >= 0.3 is 11.9 Å². The van der Waals surface area contributed by atoms with Crippen molar-refractivity contribution < 1.29 is 33.0 Å². The lowest BCUT2D eigenvalue weighted by Crippen LogP contribution is -2.61. The van der Waals surface area contributed by atoms with Gasteiger partial charge in [-0.05, 0) is 23.8 Å². The van der Waals surface area contributed by atoms with Crippen LogP contribution in [0.4, 0.5) is 8.78 Å². The summed E-state index contributed by atoms with van der Waals surface area (Å²) in [5.74, 6) is -8.53. The van der Waals surface area contributed by atoms with Gasteiger partial charge in [-0.2, -0.15) is 8.78 Å². The Balaban J connectivity index is 2.92. The van der Waals surface area contributed by atoms with Gasteiger partial charge in [-0.25, -0.2) is 4.79 Å². The van der Waals surface area contributed by atoms with E-state index in [0.29, 0.717) is 5.56 Å². The van der Waals surface area contributed by atoms with Crippen LogP contribution in [0.2, 0.25) is 0 Å². The number of aliphatic hydroxyl groups excluding tert-OH is 1. The van der Waals surface area contributed by atoms with Gasteiger partial charge < -0.3 is 26.2 Å². The molecule has 0 spiro atoms. The summed E-state index contributed by atoms with van der Waals surface area (Å²) >= 11 is 0. The number of hydrogen-bond acceptors (Lipinski definition) is 6. The molecule has 0 bridgehead atoms. The number of nitrogens with one attached hydrogen (secondary N) is 2. The van der Waals surface area contributed by atoms with Gasteiger partial charge in [0.05, 0.1) is 7.11 Å². The molecule has 4 atom stereocenters. The maximum Gasteiger partial charge on any atom is 0.351 e. The third-order valence-corrected chi connectivity index (χ3v) is 5.05. The number of benzene rings is 1. The first-order valence-electron chi connectivity index (χ1n) is 10.4. The second kappa shape index (κ2) is 11.9. The largest absolute Gasteiger partial charge is 0.467 e. The minimum Gasteiger partial charge on any atom is -0.467 e. The van der Waals surface area contributed by atoms with Crippen LogP contribution in [-0.2, 0) is 25.5 Å². The first-order chi connectivity index (χ1) is 14.8. The van der Waals surface area contributed by atoms with Gasteiger partial charge in [0.25, 0.3) is 5.91 Å². The minimum absolute atomic E-state index is 0.0752. The molecule has 5 N–H and O–H groups in total. The Bertz CT molecular complexity index is 774. The highest BCUT2D eigenvalue weighted by atomic mass is 19.3. The maximum atomic E-state index is 14.7. The third-order valence-electron chi connectivity index (χ3n) is 5.05. The van der Waals surface area contributed by atoms with Crippen LogP contribution in [0.5, 0.6) is 0 Å². The lowest BCUT2D eigenvalue weighted by atomic mass is 9.96. The number of alkyl halides is 2. The summed E-state index contributed by atoms with van der Waals surface area (Å²) in [6.07, 6.45) is -2.55. The number of esters is 1. The smallest absolute Gasteiger partial charge is 0.351 e.